The molecule has 0 aliphatic heterocycles. The summed E-state index contributed by atoms with van der Waals surface area (Å²) in [6.07, 6.45) is -3.52. The first-order valence-electron chi connectivity index (χ1n) is 6.15. The van der Waals surface area contributed by atoms with Crippen molar-refractivity contribution in [2.24, 2.45) is 0 Å². The van der Waals surface area contributed by atoms with E-state index in [0.717, 1.165) is 12.3 Å². The topological polar surface area (TPSA) is 65.5 Å². The molecular formula is C12H15F4N3O2. The third-order valence-electron chi connectivity index (χ3n) is 2.49. The molecule has 1 amide bonds. The highest BCUT2D eigenvalue weighted by molar-refractivity contribution is 5.95. The highest BCUT2D eigenvalue weighted by atomic mass is 19.4. The number of nitrogens with one attached hydrogen (secondary N) is 1. The van der Waals surface area contributed by atoms with E-state index in [0.29, 0.717) is 11.4 Å². The fraction of sp³-hybridized carbons (Fsp3) is 0.500. The first-order valence-corrected chi connectivity index (χ1v) is 6.15. The van der Waals surface area contributed by atoms with E-state index in [1.54, 1.807) is 6.92 Å². The fourth-order valence-corrected chi connectivity index (χ4v) is 1.66. The second kappa shape index (κ2) is 7.21. The lowest BCUT2D eigenvalue weighted by Crippen LogP contribution is -2.41. The van der Waals surface area contributed by atoms with Crippen molar-refractivity contribution in [2.45, 2.75) is 13.1 Å². The molecule has 0 atom stereocenters. The number of aromatic nitrogens is 1. The van der Waals surface area contributed by atoms with Crippen molar-refractivity contribution in [3.05, 3.63) is 23.6 Å². The van der Waals surface area contributed by atoms with Gasteiger partial charge in [0.05, 0.1) is 12.2 Å². The van der Waals surface area contributed by atoms with Gasteiger partial charge in [-0.2, -0.15) is 13.2 Å². The Morgan fingerprint density at radius 1 is 1.48 bits per heavy atom. The molecule has 0 spiro atoms. The molecule has 0 unspecified atom stereocenters. The number of hydrogen-bond acceptors (Lipinski definition) is 4. The first-order chi connectivity index (χ1) is 9.80. The van der Waals surface area contributed by atoms with E-state index >= 15 is 0 Å². The Labute approximate surface area is 118 Å². The normalized spacial score (nSPS) is 11.3. The number of carbonyl (C=O) groups excluding carboxylic acids is 1. The summed E-state index contributed by atoms with van der Waals surface area (Å²) >= 11 is 0. The molecule has 1 aromatic rings. The van der Waals surface area contributed by atoms with Crippen LogP contribution >= 0.6 is 0 Å². The van der Waals surface area contributed by atoms with Crippen LogP contribution in [-0.2, 0) is 0 Å². The molecule has 9 heteroatoms. The van der Waals surface area contributed by atoms with Crippen molar-refractivity contribution in [1.29, 1.82) is 0 Å². The predicted octanol–water partition coefficient (Wildman–Crippen LogP) is 1.65. The number of anilines is 1. The number of alkyl halides is 3. The highest BCUT2D eigenvalue weighted by Crippen LogP contribution is 2.21. The zero-order valence-corrected chi connectivity index (χ0v) is 11.2. The molecule has 1 aromatic heterocycles. The molecule has 0 aliphatic carbocycles. The summed E-state index contributed by atoms with van der Waals surface area (Å²) in [6.45, 7) is -0.752. The number of amides is 1. The van der Waals surface area contributed by atoms with Crippen molar-refractivity contribution in [1.82, 2.24) is 9.88 Å². The van der Waals surface area contributed by atoms with Gasteiger partial charge in [-0.1, -0.05) is 0 Å². The Balaban J connectivity index is 3.06. The van der Waals surface area contributed by atoms with Crippen LogP contribution in [0.2, 0.25) is 0 Å². The van der Waals surface area contributed by atoms with Gasteiger partial charge in [-0.25, -0.2) is 9.37 Å². The largest absolute Gasteiger partial charge is 0.406 e. The van der Waals surface area contributed by atoms with Crippen molar-refractivity contribution in [3.8, 4) is 0 Å². The minimum absolute atomic E-state index is 0.209. The molecule has 0 aromatic carbocycles. The van der Waals surface area contributed by atoms with E-state index < -0.39 is 43.2 Å². The van der Waals surface area contributed by atoms with Crippen molar-refractivity contribution < 1.29 is 27.5 Å². The minimum Gasteiger partial charge on any atom is -0.395 e. The van der Waals surface area contributed by atoms with Gasteiger partial charge in [-0.05, 0) is 13.0 Å². The highest BCUT2D eigenvalue weighted by Gasteiger charge is 2.34. The lowest BCUT2D eigenvalue weighted by Gasteiger charge is -2.23. The van der Waals surface area contributed by atoms with E-state index in [-0.39, 0.29) is 5.82 Å². The number of rotatable bonds is 6. The number of carbonyl (C=O) groups is 1. The van der Waals surface area contributed by atoms with Gasteiger partial charge in [-0.3, -0.25) is 4.79 Å². The van der Waals surface area contributed by atoms with E-state index in [1.807, 2.05) is 0 Å². The maximum Gasteiger partial charge on any atom is 0.406 e. The van der Waals surface area contributed by atoms with Gasteiger partial charge in [0.2, 0.25) is 0 Å². The van der Waals surface area contributed by atoms with Crippen LogP contribution in [-0.4, -0.2) is 53.3 Å². The Hall–Kier alpha value is -1.90. The molecule has 1 heterocycles. The number of hydrogen-bond donors (Lipinski definition) is 2. The predicted molar refractivity (Wildman–Crippen MR) is 67.4 cm³/mol. The van der Waals surface area contributed by atoms with Gasteiger partial charge < -0.3 is 15.3 Å². The average Bonchev–Trinajstić information content (AvgIpc) is 2.39. The van der Waals surface area contributed by atoms with Crippen LogP contribution in [0.5, 0.6) is 0 Å². The molecule has 0 radical (unpaired) electrons. The van der Waals surface area contributed by atoms with Crippen LogP contribution in [0.25, 0.3) is 0 Å². The Kier molecular flexibility index (Phi) is 5.89. The average molecular weight is 309 g/mol. The van der Waals surface area contributed by atoms with Gasteiger partial charge in [0, 0.05) is 19.3 Å². The van der Waals surface area contributed by atoms with E-state index in [2.05, 4.69) is 10.3 Å². The van der Waals surface area contributed by atoms with Crippen LogP contribution in [0.1, 0.15) is 17.3 Å². The van der Waals surface area contributed by atoms with Gasteiger partial charge in [0.1, 0.15) is 6.54 Å². The molecule has 21 heavy (non-hydrogen) atoms. The number of aliphatic hydroxyl groups excluding tert-OH is 1. The van der Waals surface area contributed by atoms with Gasteiger partial charge in [0.15, 0.2) is 11.6 Å². The van der Waals surface area contributed by atoms with Crippen LogP contribution in [0.15, 0.2) is 12.3 Å². The monoisotopic (exact) mass is 309 g/mol. The molecule has 5 nitrogen and oxygen atoms in total. The van der Waals surface area contributed by atoms with Gasteiger partial charge in [0.25, 0.3) is 5.91 Å². The zero-order valence-electron chi connectivity index (χ0n) is 11.2. The van der Waals surface area contributed by atoms with Crippen LogP contribution in [0.4, 0.5) is 23.4 Å². The quantitative estimate of drug-likeness (QED) is 0.784. The lowest BCUT2D eigenvalue weighted by atomic mass is 10.2. The molecule has 2 N–H and O–H groups in total. The maximum absolute atomic E-state index is 14.0. The molecule has 118 valence electrons. The summed E-state index contributed by atoms with van der Waals surface area (Å²) in [5.41, 5.74) is -0.529. The standard InChI is InChI=1S/C12H15F4N3O2/c1-2-17-10-9(13)8(3-4-18-10)11(21)19(5-6-20)7-12(14,15)16/h3-4,20H,2,5-7H2,1H3,(H,17,18). The molecule has 1 rings (SSSR count). The summed E-state index contributed by atoms with van der Waals surface area (Å²) in [5, 5.41) is 11.3. The zero-order chi connectivity index (χ0) is 16.0. The lowest BCUT2D eigenvalue weighted by molar-refractivity contribution is -0.141. The second-order valence-corrected chi connectivity index (χ2v) is 4.12. The molecular weight excluding hydrogens is 294 g/mol. The molecule has 0 aliphatic rings. The fourth-order valence-electron chi connectivity index (χ4n) is 1.66. The van der Waals surface area contributed by atoms with E-state index in [4.69, 9.17) is 5.11 Å². The Morgan fingerprint density at radius 3 is 2.67 bits per heavy atom. The molecule has 0 saturated heterocycles. The van der Waals surface area contributed by atoms with Crippen molar-refractivity contribution >= 4 is 11.7 Å². The molecule has 0 fully saturated rings. The second-order valence-electron chi connectivity index (χ2n) is 4.12. The van der Waals surface area contributed by atoms with E-state index in [9.17, 15) is 22.4 Å². The maximum atomic E-state index is 14.0. The van der Waals surface area contributed by atoms with Crippen LogP contribution in [0.3, 0.4) is 0 Å². The van der Waals surface area contributed by atoms with Crippen molar-refractivity contribution in [3.63, 3.8) is 0 Å². The summed E-state index contributed by atoms with van der Waals surface area (Å²) < 4.78 is 51.3. The van der Waals surface area contributed by atoms with Crippen LogP contribution < -0.4 is 5.32 Å². The smallest absolute Gasteiger partial charge is 0.395 e. The van der Waals surface area contributed by atoms with E-state index in [1.165, 1.54) is 0 Å². The Bertz CT molecular complexity index is 494. The van der Waals surface area contributed by atoms with Crippen LogP contribution in [0, 0.1) is 5.82 Å². The van der Waals surface area contributed by atoms with Gasteiger partial charge in [-0.15, -0.1) is 0 Å². The number of halogens is 4. The summed E-state index contributed by atoms with van der Waals surface area (Å²) in [4.78, 5) is 16.0. The first kappa shape index (κ1) is 17.2. The number of nitrogens with zero attached hydrogens (tertiary/aromatic N) is 2. The number of aliphatic hydroxyl groups is 1. The third-order valence-corrected chi connectivity index (χ3v) is 2.49. The summed E-state index contributed by atoms with van der Waals surface area (Å²) in [7, 11) is 0. The van der Waals surface area contributed by atoms with Gasteiger partial charge >= 0.3 is 6.18 Å². The SMILES string of the molecule is CCNc1nccc(C(=O)N(CCO)CC(F)(F)F)c1F. The summed E-state index contributed by atoms with van der Waals surface area (Å²) in [6, 6.07) is 0.999. The molecule has 0 bridgehead atoms. The Morgan fingerprint density at radius 2 is 2.14 bits per heavy atom. The number of pyridine rings is 1. The van der Waals surface area contributed by atoms with Crippen molar-refractivity contribution in [2.75, 3.05) is 31.6 Å². The molecule has 0 saturated carbocycles. The summed E-state index contributed by atoms with van der Waals surface area (Å²) in [5.74, 6) is -2.38. The third kappa shape index (κ3) is 4.85. The minimum atomic E-state index is -4.64.